The van der Waals surface area contributed by atoms with Crippen molar-refractivity contribution >= 4 is 15.7 Å². The van der Waals surface area contributed by atoms with Crippen LogP contribution < -0.4 is 4.83 Å². The maximum absolute atomic E-state index is 12.1. The number of benzene rings is 1. The highest BCUT2D eigenvalue weighted by Gasteiger charge is 2.39. The Labute approximate surface area is 117 Å². The van der Waals surface area contributed by atoms with Crippen LogP contribution in [-0.2, 0) is 19.5 Å². The highest BCUT2D eigenvalue weighted by Crippen LogP contribution is 2.28. The van der Waals surface area contributed by atoms with Crippen LogP contribution in [0.5, 0.6) is 0 Å². The largest absolute Gasteiger partial charge is 0.352 e. The predicted octanol–water partition coefficient (Wildman–Crippen LogP) is 1.02. The van der Waals surface area contributed by atoms with Gasteiger partial charge in [0.2, 0.25) is 0 Å². The average molecular weight is 296 g/mol. The van der Waals surface area contributed by atoms with Crippen molar-refractivity contribution < 1.29 is 17.9 Å². The van der Waals surface area contributed by atoms with E-state index in [0.29, 0.717) is 18.9 Å². The van der Waals surface area contributed by atoms with Crippen molar-refractivity contribution in [2.45, 2.75) is 24.5 Å². The van der Waals surface area contributed by atoms with E-state index in [0.717, 1.165) is 12.0 Å². The van der Waals surface area contributed by atoms with Crippen molar-refractivity contribution in [3.8, 4) is 0 Å². The molecule has 2 saturated heterocycles. The quantitative estimate of drug-likeness (QED) is 0.845. The summed E-state index contributed by atoms with van der Waals surface area (Å²) in [6.45, 7) is 2.84. The zero-order chi connectivity index (χ0) is 14.2. The smallest absolute Gasteiger partial charge is 0.276 e. The molecule has 3 rings (SSSR count). The number of hydrogen-bond donors (Lipinski definition) is 1. The molecule has 0 aliphatic carbocycles. The molecule has 0 aromatic heterocycles. The molecule has 108 valence electrons. The molecule has 0 unspecified atom stereocenters. The van der Waals surface area contributed by atoms with Crippen molar-refractivity contribution in [1.29, 1.82) is 0 Å². The molecule has 0 amide bonds. The number of nitrogens with zero attached hydrogens (tertiary/aromatic N) is 1. The van der Waals surface area contributed by atoms with Gasteiger partial charge in [-0.05, 0) is 25.5 Å². The fourth-order valence-corrected chi connectivity index (χ4v) is 3.17. The van der Waals surface area contributed by atoms with Gasteiger partial charge in [0.05, 0.1) is 29.7 Å². The first-order valence-corrected chi connectivity index (χ1v) is 7.93. The van der Waals surface area contributed by atoms with E-state index in [1.54, 1.807) is 24.3 Å². The number of fused-ring (bicyclic) bond motifs is 1. The lowest BCUT2D eigenvalue weighted by atomic mass is 10.0. The number of sulfonamides is 1. The first-order chi connectivity index (χ1) is 9.56. The Kier molecular flexibility index (Phi) is 3.49. The van der Waals surface area contributed by atoms with E-state index < -0.39 is 10.0 Å². The van der Waals surface area contributed by atoms with Crippen molar-refractivity contribution in [2.24, 2.45) is 11.0 Å². The molecule has 0 bridgehead atoms. The van der Waals surface area contributed by atoms with Gasteiger partial charge in [-0.1, -0.05) is 17.7 Å². The van der Waals surface area contributed by atoms with Gasteiger partial charge in [0.1, 0.15) is 0 Å². The van der Waals surface area contributed by atoms with Crippen LogP contribution in [0, 0.1) is 12.8 Å². The van der Waals surface area contributed by atoms with E-state index >= 15 is 0 Å². The van der Waals surface area contributed by atoms with E-state index in [4.69, 9.17) is 9.47 Å². The first kappa shape index (κ1) is 13.5. The van der Waals surface area contributed by atoms with Crippen molar-refractivity contribution in [3.05, 3.63) is 29.8 Å². The monoisotopic (exact) mass is 296 g/mol. The Bertz CT molecular complexity index is 624. The number of aryl methyl sites for hydroxylation is 1. The van der Waals surface area contributed by atoms with Gasteiger partial charge in [-0.3, -0.25) is 0 Å². The molecular formula is C13H16N2O4S. The Hall–Kier alpha value is -1.44. The van der Waals surface area contributed by atoms with Gasteiger partial charge >= 0.3 is 0 Å². The molecule has 2 heterocycles. The second kappa shape index (κ2) is 5.16. The molecule has 1 N–H and O–H groups in total. The molecule has 2 fully saturated rings. The minimum absolute atomic E-state index is 0.0655. The lowest BCUT2D eigenvalue weighted by Crippen LogP contribution is -2.23. The topological polar surface area (TPSA) is 77.0 Å². The fourth-order valence-electron chi connectivity index (χ4n) is 2.33. The summed E-state index contributed by atoms with van der Waals surface area (Å²) in [7, 11) is -3.63. The number of hydrogen-bond acceptors (Lipinski definition) is 5. The molecule has 2 atom stereocenters. The zero-order valence-electron chi connectivity index (χ0n) is 11.1. The summed E-state index contributed by atoms with van der Waals surface area (Å²) in [5, 5.41) is 4.01. The van der Waals surface area contributed by atoms with Crippen LogP contribution in [0.4, 0.5) is 0 Å². The summed E-state index contributed by atoms with van der Waals surface area (Å²) in [4.78, 5) is 2.47. The summed E-state index contributed by atoms with van der Waals surface area (Å²) < 4.78 is 34.9. The van der Waals surface area contributed by atoms with Crippen molar-refractivity contribution in [2.75, 3.05) is 13.2 Å². The van der Waals surface area contributed by atoms with Crippen molar-refractivity contribution in [3.63, 3.8) is 0 Å². The van der Waals surface area contributed by atoms with Gasteiger partial charge in [-0.2, -0.15) is 13.5 Å². The second-order valence-electron chi connectivity index (χ2n) is 4.96. The maximum atomic E-state index is 12.1. The zero-order valence-corrected chi connectivity index (χ0v) is 11.9. The molecule has 2 aliphatic heterocycles. The molecule has 0 saturated carbocycles. The average Bonchev–Trinajstić information content (AvgIpc) is 3.00. The number of ether oxygens (including phenoxy) is 2. The lowest BCUT2D eigenvalue weighted by Gasteiger charge is -2.07. The Morgan fingerprint density at radius 3 is 2.75 bits per heavy atom. The summed E-state index contributed by atoms with van der Waals surface area (Å²) in [6, 6.07) is 6.62. The van der Waals surface area contributed by atoms with Gasteiger partial charge in [-0.25, -0.2) is 4.83 Å². The molecule has 20 heavy (non-hydrogen) atoms. The molecule has 1 aromatic carbocycles. The minimum atomic E-state index is -3.63. The second-order valence-corrected chi connectivity index (χ2v) is 6.62. The highest BCUT2D eigenvalue weighted by atomic mass is 32.2. The Balaban J connectivity index is 1.75. The van der Waals surface area contributed by atoms with Crippen molar-refractivity contribution in [1.82, 2.24) is 4.83 Å². The van der Waals surface area contributed by atoms with E-state index in [9.17, 15) is 8.42 Å². The summed E-state index contributed by atoms with van der Waals surface area (Å²) >= 11 is 0. The SMILES string of the molecule is Cc1ccc(S(=O)(=O)N/N=C2\CO[C@H]3OCC[C@@H]23)cc1. The highest BCUT2D eigenvalue weighted by molar-refractivity contribution is 7.89. The van der Waals surface area contributed by atoms with Crippen LogP contribution in [0.1, 0.15) is 12.0 Å². The number of rotatable bonds is 3. The third kappa shape index (κ3) is 2.56. The summed E-state index contributed by atoms with van der Waals surface area (Å²) in [6.07, 6.45) is 0.549. The minimum Gasteiger partial charge on any atom is -0.352 e. The molecule has 2 aliphatic rings. The van der Waals surface area contributed by atoms with E-state index in [-0.39, 0.29) is 17.1 Å². The van der Waals surface area contributed by atoms with Gasteiger partial charge in [0.25, 0.3) is 10.0 Å². The normalized spacial score (nSPS) is 27.8. The Morgan fingerprint density at radius 1 is 1.25 bits per heavy atom. The van der Waals surface area contributed by atoms with Gasteiger partial charge in [-0.15, -0.1) is 0 Å². The van der Waals surface area contributed by atoms with Crippen LogP contribution in [0.25, 0.3) is 0 Å². The van der Waals surface area contributed by atoms with Crippen LogP contribution >= 0.6 is 0 Å². The fraction of sp³-hybridized carbons (Fsp3) is 0.462. The van der Waals surface area contributed by atoms with Crippen LogP contribution in [-0.4, -0.2) is 33.6 Å². The molecule has 0 spiro atoms. The molecule has 1 aromatic rings. The third-order valence-electron chi connectivity index (χ3n) is 3.50. The summed E-state index contributed by atoms with van der Waals surface area (Å²) in [5.74, 6) is 0.0655. The predicted molar refractivity (Wildman–Crippen MR) is 72.7 cm³/mol. The van der Waals surface area contributed by atoms with Crippen LogP contribution in [0.2, 0.25) is 0 Å². The third-order valence-corrected chi connectivity index (χ3v) is 4.73. The maximum Gasteiger partial charge on any atom is 0.276 e. The van der Waals surface area contributed by atoms with E-state index in [1.165, 1.54) is 0 Å². The van der Waals surface area contributed by atoms with Crippen LogP contribution in [0.3, 0.4) is 0 Å². The first-order valence-electron chi connectivity index (χ1n) is 6.44. The molecule has 6 nitrogen and oxygen atoms in total. The molecule has 0 radical (unpaired) electrons. The van der Waals surface area contributed by atoms with Gasteiger partial charge < -0.3 is 9.47 Å². The summed E-state index contributed by atoms with van der Waals surface area (Å²) in [5.41, 5.74) is 1.70. The molecule has 7 heteroatoms. The molecular weight excluding hydrogens is 280 g/mol. The van der Waals surface area contributed by atoms with Gasteiger partial charge in [0, 0.05) is 0 Å². The van der Waals surface area contributed by atoms with E-state index in [1.807, 2.05) is 6.92 Å². The Morgan fingerprint density at radius 2 is 2.00 bits per heavy atom. The number of hydrazone groups is 1. The van der Waals surface area contributed by atoms with E-state index in [2.05, 4.69) is 9.93 Å². The number of nitrogens with one attached hydrogen (secondary N) is 1. The standard InChI is InChI=1S/C13H16N2O4S/c1-9-2-4-10(5-3-9)20(16,17)15-14-12-8-19-13-11(12)6-7-18-13/h2-5,11,13,15H,6-8H2,1H3/b14-12+/t11-,13+/m0/s1. The van der Waals surface area contributed by atoms with Gasteiger partial charge in [0.15, 0.2) is 6.29 Å². The lowest BCUT2D eigenvalue weighted by molar-refractivity contribution is -0.0903. The van der Waals surface area contributed by atoms with Crippen LogP contribution in [0.15, 0.2) is 34.3 Å².